The molecule has 1 unspecified atom stereocenters. The van der Waals surface area contributed by atoms with Gasteiger partial charge in [-0.25, -0.2) is 0 Å². The van der Waals surface area contributed by atoms with Gasteiger partial charge in [-0.3, -0.25) is 9.59 Å². The first kappa shape index (κ1) is 16.6. The minimum absolute atomic E-state index is 0.104. The predicted molar refractivity (Wildman–Crippen MR) is 96.8 cm³/mol. The lowest BCUT2D eigenvalue weighted by Crippen LogP contribution is -2.32. The molecule has 1 aromatic heterocycles. The minimum Gasteiger partial charge on any atom is -0.334 e. The average molecular weight is 333 g/mol. The summed E-state index contributed by atoms with van der Waals surface area (Å²) < 4.78 is 1.24. The van der Waals surface area contributed by atoms with Gasteiger partial charge in [0.1, 0.15) is 5.69 Å². The molecule has 0 bridgehead atoms. The first-order valence-corrected chi connectivity index (χ1v) is 8.06. The first-order valence-electron chi connectivity index (χ1n) is 8.06. The second-order valence-corrected chi connectivity index (χ2v) is 5.81. The van der Waals surface area contributed by atoms with Gasteiger partial charge in [-0.15, -0.1) is 0 Å². The van der Waals surface area contributed by atoms with Gasteiger partial charge in [-0.05, 0) is 30.7 Å². The van der Waals surface area contributed by atoms with Crippen molar-refractivity contribution in [1.82, 2.24) is 14.7 Å². The number of nitrogens with zero attached hydrogens (tertiary/aromatic N) is 3. The molecule has 0 radical (unpaired) electrons. The topological polar surface area (TPSA) is 55.2 Å². The molecule has 0 aliphatic heterocycles. The van der Waals surface area contributed by atoms with Crippen molar-refractivity contribution in [2.45, 2.75) is 13.0 Å². The number of hydrogen-bond donors (Lipinski definition) is 0. The molecule has 3 aromatic rings. The van der Waals surface area contributed by atoms with Crippen LogP contribution in [0.25, 0.3) is 5.69 Å². The Morgan fingerprint density at radius 1 is 0.960 bits per heavy atom. The van der Waals surface area contributed by atoms with E-state index in [0.717, 1.165) is 5.56 Å². The van der Waals surface area contributed by atoms with Crippen LogP contribution in [0.5, 0.6) is 0 Å². The fourth-order valence-corrected chi connectivity index (χ4v) is 2.59. The third kappa shape index (κ3) is 3.50. The maximum absolute atomic E-state index is 12.8. The summed E-state index contributed by atoms with van der Waals surface area (Å²) in [7, 11) is 1.74. The van der Waals surface area contributed by atoms with Crippen LogP contribution in [-0.2, 0) is 0 Å². The summed E-state index contributed by atoms with van der Waals surface area (Å²) in [6, 6.07) is 21.6. The van der Waals surface area contributed by atoms with Gasteiger partial charge in [0.05, 0.1) is 11.7 Å². The molecule has 5 heteroatoms. The zero-order chi connectivity index (χ0) is 17.8. The molecule has 0 fully saturated rings. The standard InChI is InChI=1S/C20H19N3O2/c1-15(16-9-5-3-6-10-16)22(2)20(25)18-13-14-19(24)23(21-18)17-11-7-4-8-12-17/h3-15H,1-2H3. The molecular formula is C20H19N3O2. The van der Waals surface area contributed by atoms with Crippen molar-refractivity contribution in [3.63, 3.8) is 0 Å². The second-order valence-electron chi connectivity index (χ2n) is 5.81. The van der Waals surface area contributed by atoms with Crippen LogP contribution in [0, 0.1) is 0 Å². The lowest BCUT2D eigenvalue weighted by molar-refractivity contribution is 0.0734. The van der Waals surface area contributed by atoms with Crippen molar-refractivity contribution < 1.29 is 4.79 Å². The first-order chi connectivity index (χ1) is 12.1. The van der Waals surface area contributed by atoms with Crippen LogP contribution in [0.4, 0.5) is 0 Å². The van der Waals surface area contributed by atoms with Crippen LogP contribution >= 0.6 is 0 Å². The lowest BCUT2D eigenvalue weighted by atomic mass is 10.1. The minimum atomic E-state index is -0.276. The van der Waals surface area contributed by atoms with Crippen molar-refractivity contribution in [2.75, 3.05) is 7.05 Å². The van der Waals surface area contributed by atoms with E-state index >= 15 is 0 Å². The number of rotatable bonds is 4. The molecular weight excluding hydrogens is 314 g/mol. The Labute approximate surface area is 146 Å². The van der Waals surface area contributed by atoms with Gasteiger partial charge < -0.3 is 4.90 Å². The summed E-state index contributed by atoms with van der Waals surface area (Å²) in [6.07, 6.45) is 0. The summed E-state index contributed by atoms with van der Waals surface area (Å²) in [4.78, 5) is 26.5. The van der Waals surface area contributed by atoms with Crippen molar-refractivity contribution in [1.29, 1.82) is 0 Å². The Balaban J connectivity index is 1.91. The molecule has 1 amide bonds. The normalized spacial score (nSPS) is 11.8. The van der Waals surface area contributed by atoms with E-state index in [1.807, 2.05) is 55.5 Å². The summed E-state index contributed by atoms with van der Waals surface area (Å²) in [5.74, 6) is -0.235. The smallest absolute Gasteiger partial charge is 0.274 e. The summed E-state index contributed by atoms with van der Waals surface area (Å²) in [6.45, 7) is 1.96. The fraction of sp³-hybridized carbons (Fsp3) is 0.150. The Morgan fingerprint density at radius 2 is 1.56 bits per heavy atom. The van der Waals surface area contributed by atoms with Crippen molar-refractivity contribution in [2.24, 2.45) is 0 Å². The molecule has 0 saturated carbocycles. The van der Waals surface area contributed by atoms with Crippen LogP contribution in [0.1, 0.15) is 29.0 Å². The van der Waals surface area contributed by atoms with Crippen LogP contribution in [0.2, 0.25) is 0 Å². The van der Waals surface area contributed by atoms with Gasteiger partial charge in [0.25, 0.3) is 11.5 Å². The Hall–Kier alpha value is -3.21. The fourth-order valence-electron chi connectivity index (χ4n) is 2.59. The molecule has 0 saturated heterocycles. The highest BCUT2D eigenvalue weighted by molar-refractivity contribution is 5.92. The SMILES string of the molecule is CC(c1ccccc1)N(C)C(=O)c1ccc(=O)n(-c2ccccc2)n1. The maximum Gasteiger partial charge on any atom is 0.274 e. The molecule has 1 heterocycles. The van der Waals surface area contributed by atoms with E-state index in [4.69, 9.17) is 0 Å². The molecule has 0 aliphatic carbocycles. The zero-order valence-electron chi connectivity index (χ0n) is 14.2. The van der Waals surface area contributed by atoms with E-state index in [2.05, 4.69) is 5.10 Å². The lowest BCUT2D eigenvalue weighted by Gasteiger charge is -2.25. The van der Waals surface area contributed by atoms with Crippen LogP contribution in [-0.4, -0.2) is 27.6 Å². The number of amides is 1. The molecule has 3 rings (SSSR count). The molecule has 5 nitrogen and oxygen atoms in total. The molecule has 0 aliphatic rings. The van der Waals surface area contributed by atoms with E-state index < -0.39 is 0 Å². The van der Waals surface area contributed by atoms with Crippen molar-refractivity contribution in [3.05, 3.63) is 94.4 Å². The van der Waals surface area contributed by atoms with Crippen LogP contribution < -0.4 is 5.56 Å². The average Bonchev–Trinajstić information content (AvgIpc) is 2.68. The maximum atomic E-state index is 12.8. The summed E-state index contributed by atoms with van der Waals surface area (Å²) >= 11 is 0. The third-order valence-corrected chi connectivity index (χ3v) is 4.20. The third-order valence-electron chi connectivity index (χ3n) is 4.20. The number of carbonyl (C=O) groups is 1. The van der Waals surface area contributed by atoms with Gasteiger partial charge in [-0.2, -0.15) is 9.78 Å². The Morgan fingerprint density at radius 3 is 2.20 bits per heavy atom. The van der Waals surface area contributed by atoms with E-state index in [1.54, 1.807) is 24.1 Å². The number of benzene rings is 2. The Kier molecular flexibility index (Phi) is 4.75. The second kappa shape index (κ2) is 7.13. The highest BCUT2D eigenvalue weighted by Crippen LogP contribution is 2.19. The molecule has 0 N–H and O–H groups in total. The van der Waals surface area contributed by atoms with Crippen LogP contribution in [0.3, 0.4) is 0 Å². The molecule has 2 aromatic carbocycles. The molecule has 0 spiro atoms. The van der Waals surface area contributed by atoms with E-state index in [-0.39, 0.29) is 23.2 Å². The highest BCUT2D eigenvalue weighted by atomic mass is 16.2. The molecule has 25 heavy (non-hydrogen) atoms. The number of hydrogen-bond acceptors (Lipinski definition) is 3. The van der Waals surface area contributed by atoms with E-state index in [9.17, 15) is 9.59 Å². The highest BCUT2D eigenvalue weighted by Gasteiger charge is 2.20. The predicted octanol–water partition coefficient (Wildman–Crippen LogP) is 3.07. The van der Waals surface area contributed by atoms with Gasteiger partial charge >= 0.3 is 0 Å². The largest absolute Gasteiger partial charge is 0.334 e. The van der Waals surface area contributed by atoms with Crippen LogP contribution in [0.15, 0.2) is 77.6 Å². The summed E-state index contributed by atoms with van der Waals surface area (Å²) in [5, 5.41) is 4.25. The van der Waals surface area contributed by atoms with E-state index in [1.165, 1.54) is 16.8 Å². The monoisotopic (exact) mass is 333 g/mol. The van der Waals surface area contributed by atoms with Gasteiger partial charge in [0.15, 0.2) is 0 Å². The molecule has 1 atom stereocenters. The number of aromatic nitrogens is 2. The van der Waals surface area contributed by atoms with Gasteiger partial charge in [0, 0.05) is 13.1 Å². The van der Waals surface area contributed by atoms with Gasteiger partial charge in [-0.1, -0.05) is 48.5 Å². The number of para-hydroxylation sites is 1. The Bertz CT molecular complexity index is 920. The van der Waals surface area contributed by atoms with Crippen molar-refractivity contribution in [3.8, 4) is 5.69 Å². The quantitative estimate of drug-likeness (QED) is 0.737. The molecule has 126 valence electrons. The zero-order valence-corrected chi connectivity index (χ0v) is 14.2. The van der Waals surface area contributed by atoms with E-state index in [0.29, 0.717) is 5.69 Å². The van der Waals surface area contributed by atoms with Gasteiger partial charge in [0.2, 0.25) is 0 Å². The number of carbonyl (C=O) groups excluding carboxylic acids is 1. The van der Waals surface area contributed by atoms with Crippen molar-refractivity contribution >= 4 is 5.91 Å². The summed E-state index contributed by atoms with van der Waals surface area (Å²) in [5.41, 5.74) is 1.62.